The number of Topliss-reactive ketones (excluding diaryl/α,β-unsaturated/α-hetero) is 1. The van der Waals surface area contributed by atoms with Crippen molar-refractivity contribution in [1.82, 2.24) is 5.32 Å². The van der Waals surface area contributed by atoms with Gasteiger partial charge in [-0.25, -0.2) is 0 Å². The number of benzene rings is 3. The Hall–Kier alpha value is -4.17. The van der Waals surface area contributed by atoms with E-state index in [1.807, 2.05) is 25.1 Å². The Labute approximate surface area is 231 Å². The van der Waals surface area contributed by atoms with Gasteiger partial charge < -0.3 is 10.1 Å². The van der Waals surface area contributed by atoms with Crippen LogP contribution in [0.4, 0.5) is 5.69 Å². The molecule has 2 aliphatic carbocycles. The van der Waals surface area contributed by atoms with Crippen molar-refractivity contribution in [3.05, 3.63) is 99.1 Å². The number of fused-ring (bicyclic) bond motifs is 2. The van der Waals surface area contributed by atoms with Crippen molar-refractivity contribution in [3.8, 4) is 11.5 Å². The van der Waals surface area contributed by atoms with Crippen LogP contribution in [0, 0.1) is 15.5 Å². The first-order chi connectivity index (χ1) is 19.2. The zero-order valence-electron chi connectivity index (χ0n) is 22.4. The summed E-state index contributed by atoms with van der Waals surface area (Å²) in [6.45, 7) is 4.17. The minimum absolute atomic E-state index is 0.0857. The number of hydrogen-bond acceptors (Lipinski definition) is 7. The number of non-ortho nitro benzene ring substituents is 1. The summed E-state index contributed by atoms with van der Waals surface area (Å²) in [5.41, 5.74) is 0.862. The van der Waals surface area contributed by atoms with E-state index in [9.17, 15) is 24.5 Å². The van der Waals surface area contributed by atoms with Gasteiger partial charge in [0.25, 0.3) is 5.69 Å². The number of ketones is 2. The molecule has 3 aromatic carbocycles. The van der Waals surface area contributed by atoms with Crippen LogP contribution < -0.4 is 10.1 Å². The van der Waals surface area contributed by atoms with E-state index in [4.69, 9.17) is 4.74 Å². The Bertz CT molecular complexity index is 1570. The van der Waals surface area contributed by atoms with Gasteiger partial charge in [-0.3, -0.25) is 24.5 Å². The molecule has 6 rings (SSSR count). The topological polar surface area (TPSA) is 116 Å². The predicted octanol–water partition coefficient (Wildman–Crippen LogP) is 5.49. The highest BCUT2D eigenvalue weighted by Gasteiger charge is 2.75. The van der Waals surface area contributed by atoms with Gasteiger partial charge in [0.2, 0.25) is 5.78 Å². The van der Waals surface area contributed by atoms with Gasteiger partial charge >= 0.3 is 0 Å². The third kappa shape index (κ3) is 3.45. The van der Waals surface area contributed by atoms with Crippen molar-refractivity contribution in [2.24, 2.45) is 5.41 Å². The normalized spacial score (nSPS) is 28.2. The van der Waals surface area contributed by atoms with Gasteiger partial charge in [0.05, 0.1) is 15.9 Å². The molecule has 40 heavy (non-hydrogen) atoms. The minimum Gasteiger partial charge on any atom is -0.457 e. The second-order valence-corrected chi connectivity index (χ2v) is 11.5. The molecule has 0 aromatic heterocycles. The van der Waals surface area contributed by atoms with Crippen molar-refractivity contribution >= 4 is 23.5 Å². The molecular formula is C32H30N2O6. The van der Waals surface area contributed by atoms with Gasteiger partial charge in [0.1, 0.15) is 11.5 Å². The van der Waals surface area contributed by atoms with Crippen molar-refractivity contribution in [2.75, 3.05) is 0 Å². The monoisotopic (exact) mass is 538 g/mol. The number of nitrogens with one attached hydrogen (secondary N) is 1. The number of aldehydes is 1. The summed E-state index contributed by atoms with van der Waals surface area (Å²) >= 11 is 0. The highest BCUT2D eigenvalue weighted by atomic mass is 16.6. The first-order valence-electron chi connectivity index (χ1n) is 13.6. The molecule has 0 radical (unpaired) electrons. The third-order valence-electron chi connectivity index (χ3n) is 9.83. The van der Waals surface area contributed by atoms with Crippen molar-refractivity contribution < 1.29 is 24.0 Å². The molecule has 1 N–H and O–H groups in total. The zero-order chi connectivity index (χ0) is 28.3. The van der Waals surface area contributed by atoms with E-state index in [1.165, 1.54) is 23.8 Å². The Kier molecular flexibility index (Phi) is 6.00. The molecule has 1 aliphatic heterocycles. The van der Waals surface area contributed by atoms with Crippen molar-refractivity contribution in [1.29, 1.82) is 0 Å². The maximum absolute atomic E-state index is 13.4. The number of ether oxygens (including phenoxy) is 1. The number of nitro benzene ring substituents is 1. The zero-order valence-corrected chi connectivity index (χ0v) is 22.4. The number of hydrogen-bond donors (Lipinski definition) is 1. The lowest BCUT2D eigenvalue weighted by molar-refractivity contribution is -0.384. The summed E-state index contributed by atoms with van der Waals surface area (Å²) in [6.07, 6.45) is 4.39. The van der Waals surface area contributed by atoms with Crippen molar-refractivity contribution in [3.63, 3.8) is 0 Å². The van der Waals surface area contributed by atoms with Gasteiger partial charge in [0.15, 0.2) is 12.1 Å². The molecule has 0 bridgehead atoms. The third-order valence-corrected chi connectivity index (χ3v) is 9.83. The highest BCUT2D eigenvalue weighted by Crippen LogP contribution is 2.66. The van der Waals surface area contributed by atoms with Crippen LogP contribution in [0.25, 0.3) is 0 Å². The smallest absolute Gasteiger partial charge is 0.270 e. The maximum atomic E-state index is 13.4. The maximum Gasteiger partial charge on any atom is 0.270 e. The minimum atomic E-state index is -0.732. The number of nitro groups is 1. The lowest BCUT2D eigenvalue weighted by Crippen LogP contribution is -2.88. The van der Waals surface area contributed by atoms with E-state index in [-0.39, 0.29) is 34.6 Å². The summed E-state index contributed by atoms with van der Waals surface area (Å²) in [4.78, 5) is 49.3. The lowest BCUT2D eigenvalue weighted by Gasteiger charge is -2.73. The van der Waals surface area contributed by atoms with E-state index in [2.05, 4.69) is 12.2 Å². The predicted molar refractivity (Wildman–Crippen MR) is 148 cm³/mol. The van der Waals surface area contributed by atoms with Gasteiger partial charge in [-0.1, -0.05) is 49.7 Å². The van der Waals surface area contributed by atoms with E-state index in [0.29, 0.717) is 24.0 Å². The molecule has 3 aromatic rings. The molecule has 2 fully saturated rings. The Morgan fingerprint density at radius 3 is 2.52 bits per heavy atom. The van der Waals surface area contributed by atoms with Gasteiger partial charge in [-0.15, -0.1) is 0 Å². The number of carbonyl (C=O) groups is 3. The lowest BCUT2D eigenvalue weighted by atomic mass is 9.38. The van der Waals surface area contributed by atoms with Gasteiger partial charge in [0, 0.05) is 34.7 Å². The second-order valence-electron chi connectivity index (χ2n) is 11.5. The van der Waals surface area contributed by atoms with Gasteiger partial charge in [-0.05, 0) is 61.9 Å². The number of nitrogens with zero attached hydrogens (tertiary/aromatic N) is 1. The number of aryl methyl sites for hydroxylation is 1. The van der Waals surface area contributed by atoms with Crippen LogP contribution in [-0.4, -0.2) is 34.4 Å². The van der Waals surface area contributed by atoms with Crippen LogP contribution >= 0.6 is 0 Å². The molecular weight excluding hydrogens is 508 g/mol. The van der Waals surface area contributed by atoms with Crippen molar-refractivity contribution in [2.45, 2.75) is 62.9 Å². The van der Waals surface area contributed by atoms with E-state index in [0.717, 1.165) is 31.2 Å². The fourth-order valence-electron chi connectivity index (χ4n) is 7.96. The van der Waals surface area contributed by atoms with Crippen LogP contribution in [-0.2, 0) is 21.4 Å². The van der Waals surface area contributed by atoms with Gasteiger partial charge in [-0.2, -0.15) is 0 Å². The Morgan fingerprint density at radius 2 is 1.82 bits per heavy atom. The van der Waals surface area contributed by atoms with Crippen LogP contribution in [0.5, 0.6) is 11.5 Å². The molecule has 1 saturated heterocycles. The summed E-state index contributed by atoms with van der Waals surface area (Å²) in [5.74, 6) is 0.0218. The molecule has 3 aliphatic rings. The quantitative estimate of drug-likeness (QED) is 0.139. The standard InChI is InChI=1S/C32H30N2O6/c1-20-31(28(36)19-35)15-6-14-30(2)26-18-24(11-9-21(26)13-16-32(30,31)33-20)40-27-12-10-23(34(38)39)17-25(27)29(37)22-7-4-3-5-8-22/h3-5,7-12,17-20,33H,6,13-16H2,1-2H3/t20-,30?,31?,32?/m1/s1. The summed E-state index contributed by atoms with van der Waals surface area (Å²) in [7, 11) is 0. The molecule has 1 spiro atoms. The molecule has 1 saturated carbocycles. The summed E-state index contributed by atoms with van der Waals surface area (Å²) < 4.78 is 6.28. The molecule has 4 atom stereocenters. The van der Waals surface area contributed by atoms with Crippen LogP contribution in [0.15, 0.2) is 66.7 Å². The van der Waals surface area contributed by atoms with E-state index < -0.39 is 21.3 Å². The molecule has 8 nitrogen and oxygen atoms in total. The fourth-order valence-corrected chi connectivity index (χ4v) is 7.96. The Balaban J connectivity index is 1.41. The second kappa shape index (κ2) is 9.20. The van der Waals surface area contributed by atoms with Crippen LogP contribution in [0.3, 0.4) is 0 Å². The van der Waals surface area contributed by atoms with Crippen LogP contribution in [0.2, 0.25) is 0 Å². The molecule has 1 heterocycles. The van der Waals surface area contributed by atoms with Crippen LogP contribution in [0.1, 0.15) is 66.6 Å². The summed E-state index contributed by atoms with van der Waals surface area (Å²) in [6, 6.07) is 18.4. The number of rotatable bonds is 7. The fraction of sp³-hybridized carbons (Fsp3) is 0.344. The average molecular weight is 539 g/mol. The largest absolute Gasteiger partial charge is 0.457 e. The molecule has 8 heteroatoms. The first-order valence-corrected chi connectivity index (χ1v) is 13.6. The van der Waals surface area contributed by atoms with E-state index >= 15 is 0 Å². The molecule has 204 valence electrons. The molecule has 3 unspecified atom stereocenters. The van der Waals surface area contributed by atoms with E-state index in [1.54, 1.807) is 30.3 Å². The Morgan fingerprint density at radius 1 is 1.05 bits per heavy atom. The highest BCUT2D eigenvalue weighted by molar-refractivity contribution is 6.29. The average Bonchev–Trinajstić information content (AvgIpc) is 2.96. The summed E-state index contributed by atoms with van der Waals surface area (Å²) in [5, 5.41) is 15.2. The SMILES string of the molecule is C[C@H]1NC23CCc4ccc(Oc5ccc([N+](=O)[O-])cc5C(=O)c5ccccc5)cc4C2(C)CCCC13C(=O)C=O. The number of carbonyl (C=O) groups excluding carboxylic acids is 3. The first kappa shape index (κ1) is 26.1. The molecule has 0 amide bonds.